The fourth-order valence-electron chi connectivity index (χ4n) is 3.77. The number of benzene rings is 2. The SMILES string of the molecule is COc1ccc(-c2cc(CSc3nc(C)cc(C)n3)c(-c3ccc(O)c(C(C)=O)c3)s2)cc1OC. The van der Waals surface area contributed by atoms with Crippen molar-refractivity contribution in [3.63, 3.8) is 0 Å². The van der Waals surface area contributed by atoms with Crippen molar-refractivity contribution in [2.45, 2.75) is 31.7 Å². The average molecular weight is 507 g/mol. The van der Waals surface area contributed by atoms with Crippen LogP contribution in [0.5, 0.6) is 17.2 Å². The van der Waals surface area contributed by atoms with Crippen LogP contribution < -0.4 is 9.47 Å². The van der Waals surface area contributed by atoms with E-state index in [-0.39, 0.29) is 11.5 Å². The van der Waals surface area contributed by atoms with Crippen LogP contribution in [0, 0.1) is 13.8 Å². The third kappa shape index (κ3) is 5.49. The predicted molar refractivity (Wildman–Crippen MR) is 141 cm³/mol. The number of hydrogen-bond acceptors (Lipinski definition) is 8. The summed E-state index contributed by atoms with van der Waals surface area (Å²) < 4.78 is 10.9. The largest absolute Gasteiger partial charge is 0.507 e. The summed E-state index contributed by atoms with van der Waals surface area (Å²) in [6.07, 6.45) is 0. The van der Waals surface area contributed by atoms with Gasteiger partial charge in [0, 0.05) is 26.9 Å². The first kappa shape index (κ1) is 24.8. The zero-order valence-corrected chi connectivity index (χ0v) is 21.8. The molecule has 0 saturated heterocycles. The second kappa shape index (κ2) is 10.5. The lowest BCUT2D eigenvalue weighted by Crippen LogP contribution is -1.94. The lowest BCUT2D eigenvalue weighted by atomic mass is 10.0. The number of thioether (sulfide) groups is 1. The Labute approximate surface area is 213 Å². The lowest BCUT2D eigenvalue weighted by Gasteiger charge is -2.08. The van der Waals surface area contributed by atoms with Crippen LogP contribution in [0.15, 0.2) is 53.7 Å². The Bertz CT molecular complexity index is 1380. The zero-order chi connectivity index (χ0) is 25.1. The number of carbonyl (C=O) groups excluding carboxylic acids is 1. The summed E-state index contributed by atoms with van der Waals surface area (Å²) in [6, 6.07) is 15.1. The van der Waals surface area contributed by atoms with E-state index in [0.717, 1.165) is 43.0 Å². The van der Waals surface area contributed by atoms with Crippen LogP contribution in [0.25, 0.3) is 20.9 Å². The Hall–Kier alpha value is -3.36. The molecule has 0 amide bonds. The molecular weight excluding hydrogens is 480 g/mol. The predicted octanol–water partition coefficient (Wildman–Crippen LogP) is 6.71. The van der Waals surface area contributed by atoms with E-state index in [2.05, 4.69) is 16.0 Å². The van der Waals surface area contributed by atoms with E-state index in [1.807, 2.05) is 44.2 Å². The molecule has 0 unspecified atom stereocenters. The van der Waals surface area contributed by atoms with Crippen LogP contribution >= 0.6 is 23.1 Å². The van der Waals surface area contributed by atoms with Gasteiger partial charge in [-0.1, -0.05) is 11.8 Å². The van der Waals surface area contributed by atoms with Gasteiger partial charge in [0.15, 0.2) is 22.4 Å². The zero-order valence-electron chi connectivity index (χ0n) is 20.2. The summed E-state index contributed by atoms with van der Waals surface area (Å²) in [5, 5.41) is 10.9. The second-order valence-electron chi connectivity index (χ2n) is 8.04. The Balaban J connectivity index is 1.78. The number of aromatic hydroxyl groups is 1. The first-order valence-corrected chi connectivity index (χ1v) is 12.7. The highest BCUT2D eigenvalue weighted by Crippen LogP contribution is 2.43. The number of aromatic nitrogens is 2. The van der Waals surface area contributed by atoms with Crippen molar-refractivity contribution >= 4 is 28.9 Å². The van der Waals surface area contributed by atoms with Crippen LogP contribution in [0.1, 0.15) is 34.2 Å². The molecule has 0 bridgehead atoms. The van der Waals surface area contributed by atoms with Crippen LogP contribution in [-0.2, 0) is 5.75 Å². The molecule has 35 heavy (non-hydrogen) atoms. The molecule has 0 aliphatic rings. The standard InChI is InChI=1S/C27H26N2O4S2/c1-15-10-16(2)29-27(28-15)34-14-20-13-25(18-7-9-23(32-4)24(12-18)33-5)35-26(20)19-6-8-22(31)21(11-19)17(3)30/h6-13,31H,14H2,1-5H3. The quantitative estimate of drug-likeness (QED) is 0.162. The van der Waals surface area contributed by atoms with Gasteiger partial charge in [-0.25, -0.2) is 9.97 Å². The molecule has 6 nitrogen and oxygen atoms in total. The molecule has 2 aromatic heterocycles. The highest BCUT2D eigenvalue weighted by Gasteiger charge is 2.17. The Morgan fingerprint density at radius 1 is 0.943 bits per heavy atom. The van der Waals surface area contributed by atoms with Crippen molar-refractivity contribution < 1.29 is 19.4 Å². The van der Waals surface area contributed by atoms with Gasteiger partial charge in [0.1, 0.15) is 5.75 Å². The Kier molecular flexibility index (Phi) is 7.42. The van der Waals surface area contributed by atoms with Crippen LogP contribution in [-0.4, -0.2) is 35.1 Å². The van der Waals surface area contributed by atoms with E-state index >= 15 is 0 Å². The molecule has 4 rings (SSSR count). The summed E-state index contributed by atoms with van der Waals surface area (Å²) >= 11 is 3.19. The minimum Gasteiger partial charge on any atom is -0.507 e. The summed E-state index contributed by atoms with van der Waals surface area (Å²) in [5.41, 5.74) is 5.13. The van der Waals surface area contributed by atoms with Gasteiger partial charge in [-0.15, -0.1) is 11.3 Å². The number of aryl methyl sites for hydroxylation is 2. The lowest BCUT2D eigenvalue weighted by molar-refractivity contribution is 0.101. The second-order valence-corrected chi connectivity index (χ2v) is 10.0. The first-order valence-electron chi connectivity index (χ1n) is 10.9. The van der Waals surface area contributed by atoms with E-state index in [1.165, 1.54) is 6.92 Å². The maximum atomic E-state index is 12.1. The fourth-order valence-corrected chi connectivity index (χ4v) is 5.97. The highest BCUT2D eigenvalue weighted by atomic mass is 32.2. The molecule has 180 valence electrons. The van der Waals surface area contributed by atoms with Crippen molar-refractivity contribution in [1.29, 1.82) is 0 Å². The van der Waals surface area contributed by atoms with Gasteiger partial charge in [0.2, 0.25) is 0 Å². The summed E-state index contributed by atoms with van der Waals surface area (Å²) in [4.78, 5) is 23.2. The molecule has 0 atom stereocenters. The van der Waals surface area contributed by atoms with Crippen LogP contribution in [0.2, 0.25) is 0 Å². The van der Waals surface area contributed by atoms with Gasteiger partial charge in [-0.2, -0.15) is 0 Å². The third-order valence-corrected chi connectivity index (χ3v) is 7.61. The molecule has 0 saturated carbocycles. The highest BCUT2D eigenvalue weighted by molar-refractivity contribution is 7.98. The van der Waals surface area contributed by atoms with Crippen molar-refractivity contribution in [2.75, 3.05) is 14.2 Å². The molecule has 0 aliphatic heterocycles. The number of carbonyl (C=O) groups is 1. The smallest absolute Gasteiger partial charge is 0.188 e. The number of ether oxygens (including phenoxy) is 2. The monoisotopic (exact) mass is 506 g/mol. The molecule has 0 spiro atoms. The van der Waals surface area contributed by atoms with Gasteiger partial charge < -0.3 is 14.6 Å². The summed E-state index contributed by atoms with van der Waals surface area (Å²) in [5.74, 6) is 1.78. The fraction of sp³-hybridized carbons (Fsp3) is 0.222. The van der Waals surface area contributed by atoms with E-state index in [1.54, 1.807) is 49.5 Å². The average Bonchev–Trinajstić information content (AvgIpc) is 3.26. The number of phenolic OH excluding ortho intramolecular Hbond substituents is 1. The number of ketones is 1. The molecular formula is C27H26N2O4S2. The number of Topliss-reactive ketones (excluding diaryl/α,β-unsaturated/α-hetero) is 1. The molecule has 0 radical (unpaired) electrons. The molecule has 1 N–H and O–H groups in total. The minimum absolute atomic E-state index is 0.0162. The Morgan fingerprint density at radius 2 is 1.63 bits per heavy atom. The van der Waals surface area contributed by atoms with E-state index in [4.69, 9.17) is 9.47 Å². The van der Waals surface area contributed by atoms with Gasteiger partial charge in [0.25, 0.3) is 0 Å². The molecule has 4 aromatic rings. The molecule has 0 fully saturated rings. The maximum Gasteiger partial charge on any atom is 0.188 e. The first-order chi connectivity index (χ1) is 16.8. The topological polar surface area (TPSA) is 81.5 Å². The maximum absolute atomic E-state index is 12.1. The van der Waals surface area contributed by atoms with Crippen molar-refractivity contribution in [3.05, 3.63) is 71.0 Å². The number of thiophene rings is 1. The summed E-state index contributed by atoms with van der Waals surface area (Å²) in [7, 11) is 3.23. The van der Waals surface area contributed by atoms with Gasteiger partial charge in [0.05, 0.1) is 19.8 Å². The third-order valence-electron chi connectivity index (χ3n) is 5.43. The Morgan fingerprint density at radius 3 is 2.29 bits per heavy atom. The van der Waals surface area contributed by atoms with Crippen molar-refractivity contribution in [2.24, 2.45) is 0 Å². The van der Waals surface area contributed by atoms with E-state index in [0.29, 0.717) is 22.8 Å². The molecule has 2 aromatic carbocycles. The van der Waals surface area contributed by atoms with Crippen LogP contribution in [0.3, 0.4) is 0 Å². The number of nitrogens with zero attached hydrogens (tertiary/aromatic N) is 2. The van der Waals surface area contributed by atoms with Crippen molar-refractivity contribution in [3.8, 4) is 38.1 Å². The van der Waals surface area contributed by atoms with Gasteiger partial charge in [-0.05, 0) is 86.0 Å². The normalized spacial score (nSPS) is 10.9. The van der Waals surface area contributed by atoms with Gasteiger partial charge >= 0.3 is 0 Å². The van der Waals surface area contributed by atoms with Crippen LogP contribution in [0.4, 0.5) is 0 Å². The summed E-state index contributed by atoms with van der Waals surface area (Å²) in [6.45, 7) is 5.38. The van der Waals surface area contributed by atoms with E-state index < -0.39 is 0 Å². The molecule has 8 heteroatoms. The number of methoxy groups -OCH3 is 2. The van der Waals surface area contributed by atoms with E-state index in [9.17, 15) is 9.90 Å². The molecule has 0 aliphatic carbocycles. The molecule has 2 heterocycles. The van der Waals surface area contributed by atoms with Gasteiger partial charge in [-0.3, -0.25) is 4.79 Å². The number of rotatable bonds is 8. The van der Waals surface area contributed by atoms with Crippen molar-refractivity contribution in [1.82, 2.24) is 9.97 Å². The number of phenols is 1. The minimum atomic E-state index is -0.180. The number of hydrogen-bond donors (Lipinski definition) is 1.